The van der Waals surface area contributed by atoms with Crippen molar-refractivity contribution < 1.29 is 0 Å². The Morgan fingerprint density at radius 2 is 1.09 bits per heavy atom. The van der Waals surface area contributed by atoms with Crippen LogP contribution in [-0.4, -0.2) is 28.9 Å². The SMILES string of the molecule is O=c1n(-c2ccccc2)c2ccccc2c2nc3ccc(-c4cccc(-c5nc(-c6ccccc6)nc(-c6cccc7c6sc6ccccc67)n5)c4)cc3n12. The Balaban J connectivity index is 1.08. The van der Waals surface area contributed by atoms with Crippen molar-refractivity contribution in [2.75, 3.05) is 0 Å². The van der Waals surface area contributed by atoms with Gasteiger partial charge in [0.25, 0.3) is 0 Å². The van der Waals surface area contributed by atoms with E-state index in [4.69, 9.17) is 19.9 Å². The molecule has 0 aliphatic rings. The maximum absolute atomic E-state index is 14.4. The average molecular weight is 725 g/mol. The third-order valence-electron chi connectivity index (χ3n) is 10.2. The molecule has 7 nitrogen and oxygen atoms in total. The van der Waals surface area contributed by atoms with Gasteiger partial charge in [-0.25, -0.2) is 29.1 Å². The summed E-state index contributed by atoms with van der Waals surface area (Å²) in [6.45, 7) is 0. The van der Waals surface area contributed by atoms with Crippen molar-refractivity contribution in [1.29, 1.82) is 0 Å². The number of hydrogen-bond donors (Lipinski definition) is 0. The minimum atomic E-state index is -0.173. The number of para-hydroxylation sites is 2. The molecule has 258 valence electrons. The van der Waals surface area contributed by atoms with Crippen LogP contribution in [0.4, 0.5) is 0 Å². The van der Waals surface area contributed by atoms with Crippen LogP contribution in [0.15, 0.2) is 175 Å². The molecule has 0 spiro atoms. The molecule has 0 unspecified atom stereocenters. The summed E-state index contributed by atoms with van der Waals surface area (Å²) < 4.78 is 5.87. The smallest absolute Gasteiger partial charge is 0.262 e. The minimum Gasteiger partial charge on any atom is -0.262 e. The molecule has 0 saturated heterocycles. The molecule has 4 aromatic heterocycles. The second kappa shape index (κ2) is 12.4. The molecule has 11 aromatic rings. The van der Waals surface area contributed by atoms with Crippen molar-refractivity contribution in [3.8, 4) is 51.0 Å². The highest BCUT2D eigenvalue weighted by molar-refractivity contribution is 7.26. The summed E-state index contributed by atoms with van der Waals surface area (Å²) in [4.78, 5) is 34.6. The van der Waals surface area contributed by atoms with Gasteiger partial charge in [0, 0.05) is 42.2 Å². The van der Waals surface area contributed by atoms with Crippen LogP contribution in [0.1, 0.15) is 0 Å². The van der Waals surface area contributed by atoms with Crippen LogP contribution in [-0.2, 0) is 0 Å². The number of hydrogen-bond acceptors (Lipinski definition) is 6. The molecule has 0 bridgehead atoms. The lowest BCUT2D eigenvalue weighted by Gasteiger charge is -2.12. The number of benzene rings is 7. The molecule has 0 fully saturated rings. The Morgan fingerprint density at radius 3 is 1.95 bits per heavy atom. The summed E-state index contributed by atoms with van der Waals surface area (Å²) in [5.41, 5.74) is 8.22. The second-order valence-corrected chi connectivity index (χ2v) is 14.5. The minimum absolute atomic E-state index is 0.173. The van der Waals surface area contributed by atoms with E-state index in [1.54, 1.807) is 20.3 Å². The second-order valence-electron chi connectivity index (χ2n) is 13.5. The third kappa shape index (κ3) is 5.07. The van der Waals surface area contributed by atoms with E-state index in [2.05, 4.69) is 66.7 Å². The molecular formula is C47H28N6OS. The Bertz CT molecular complexity index is 3350. The maximum atomic E-state index is 14.4. The maximum Gasteiger partial charge on any atom is 0.339 e. The predicted octanol–water partition coefficient (Wildman–Crippen LogP) is 11.0. The van der Waals surface area contributed by atoms with E-state index in [0.717, 1.165) is 60.1 Å². The van der Waals surface area contributed by atoms with Crippen molar-refractivity contribution in [2.45, 2.75) is 0 Å². The quantitative estimate of drug-likeness (QED) is 0.177. The van der Waals surface area contributed by atoms with Crippen molar-refractivity contribution in [3.63, 3.8) is 0 Å². The Kier molecular flexibility index (Phi) is 7.05. The highest BCUT2D eigenvalue weighted by Crippen LogP contribution is 2.40. The largest absolute Gasteiger partial charge is 0.339 e. The van der Waals surface area contributed by atoms with Crippen LogP contribution in [0.2, 0.25) is 0 Å². The first-order chi connectivity index (χ1) is 27.2. The molecule has 0 N–H and O–H groups in total. The molecule has 11 rings (SSSR count). The van der Waals surface area contributed by atoms with Gasteiger partial charge in [0.15, 0.2) is 23.1 Å². The Hall–Kier alpha value is -7.29. The van der Waals surface area contributed by atoms with Gasteiger partial charge in [-0.05, 0) is 65.7 Å². The van der Waals surface area contributed by atoms with Crippen molar-refractivity contribution in [1.82, 2.24) is 28.9 Å². The molecule has 0 aliphatic carbocycles. The molecule has 0 amide bonds. The standard InChI is InChI=1S/C47H28N6OS/c54-47-52(33-17-5-2-6-18-33)39-23-9-7-20-36(39)46-48-38-26-25-31(28-40(38)53(46)47)30-15-11-16-32(27-30)44-49-43(29-13-3-1-4-14-29)50-45(51-44)37-22-12-21-35-34-19-8-10-24-41(34)55-42(35)37/h1-28H. The molecular weight excluding hydrogens is 697 g/mol. The van der Waals surface area contributed by atoms with Gasteiger partial charge in [0.1, 0.15) is 0 Å². The van der Waals surface area contributed by atoms with Crippen molar-refractivity contribution in [3.05, 3.63) is 180 Å². The number of aromatic nitrogens is 6. The van der Waals surface area contributed by atoms with Gasteiger partial charge in [0.05, 0.1) is 22.2 Å². The normalized spacial score (nSPS) is 11.7. The molecule has 0 radical (unpaired) electrons. The van der Waals surface area contributed by atoms with Crippen LogP contribution < -0.4 is 5.69 Å². The van der Waals surface area contributed by atoms with E-state index in [1.807, 2.05) is 103 Å². The molecule has 7 aromatic carbocycles. The summed E-state index contributed by atoms with van der Waals surface area (Å²) >= 11 is 1.76. The van der Waals surface area contributed by atoms with E-state index >= 15 is 0 Å². The van der Waals surface area contributed by atoms with Crippen molar-refractivity contribution >= 4 is 59.1 Å². The summed E-state index contributed by atoms with van der Waals surface area (Å²) in [7, 11) is 0. The third-order valence-corrected chi connectivity index (χ3v) is 11.4. The summed E-state index contributed by atoms with van der Waals surface area (Å²) in [6, 6.07) is 56.9. The van der Waals surface area contributed by atoms with E-state index < -0.39 is 0 Å². The fourth-order valence-corrected chi connectivity index (χ4v) is 8.83. The predicted molar refractivity (Wildman–Crippen MR) is 224 cm³/mol. The topological polar surface area (TPSA) is 78.0 Å². The summed E-state index contributed by atoms with van der Waals surface area (Å²) in [5.74, 6) is 1.82. The Morgan fingerprint density at radius 1 is 0.455 bits per heavy atom. The number of fused-ring (bicyclic) bond motifs is 8. The molecule has 0 aliphatic heterocycles. The average Bonchev–Trinajstić information content (AvgIpc) is 3.83. The first kappa shape index (κ1) is 31.3. The zero-order chi connectivity index (χ0) is 36.5. The molecule has 0 atom stereocenters. The van der Waals surface area contributed by atoms with Gasteiger partial charge in [-0.3, -0.25) is 4.57 Å². The van der Waals surface area contributed by atoms with Crippen LogP contribution in [0.5, 0.6) is 0 Å². The fourth-order valence-electron chi connectivity index (χ4n) is 7.62. The van der Waals surface area contributed by atoms with Crippen LogP contribution in [0.3, 0.4) is 0 Å². The summed E-state index contributed by atoms with van der Waals surface area (Å²) in [6.07, 6.45) is 0. The van der Waals surface area contributed by atoms with Crippen LogP contribution >= 0.6 is 11.3 Å². The van der Waals surface area contributed by atoms with Crippen LogP contribution in [0, 0.1) is 0 Å². The summed E-state index contributed by atoms with van der Waals surface area (Å²) in [5, 5.41) is 3.32. The van der Waals surface area contributed by atoms with Gasteiger partial charge in [-0.15, -0.1) is 11.3 Å². The lowest BCUT2D eigenvalue weighted by molar-refractivity contribution is 0.932. The number of rotatable bonds is 5. The van der Waals surface area contributed by atoms with Gasteiger partial charge in [-0.2, -0.15) is 0 Å². The fraction of sp³-hybridized carbons (Fsp3) is 0. The molecule has 4 heterocycles. The van der Waals surface area contributed by atoms with Crippen molar-refractivity contribution in [2.24, 2.45) is 0 Å². The van der Waals surface area contributed by atoms with E-state index in [1.165, 1.54) is 15.5 Å². The highest BCUT2D eigenvalue weighted by atomic mass is 32.1. The molecule has 55 heavy (non-hydrogen) atoms. The lowest BCUT2D eigenvalue weighted by Crippen LogP contribution is -2.25. The van der Waals surface area contributed by atoms with E-state index in [9.17, 15) is 4.79 Å². The highest BCUT2D eigenvalue weighted by Gasteiger charge is 2.19. The molecule has 8 heteroatoms. The number of nitrogens with zero attached hydrogens (tertiary/aromatic N) is 6. The number of thiophene rings is 1. The lowest BCUT2D eigenvalue weighted by atomic mass is 10.0. The van der Waals surface area contributed by atoms with Gasteiger partial charge >= 0.3 is 5.69 Å². The first-order valence-electron chi connectivity index (χ1n) is 18.0. The zero-order valence-electron chi connectivity index (χ0n) is 29.2. The Labute approximate surface area is 318 Å². The van der Waals surface area contributed by atoms with Gasteiger partial charge < -0.3 is 0 Å². The van der Waals surface area contributed by atoms with Gasteiger partial charge in [0.2, 0.25) is 0 Å². The van der Waals surface area contributed by atoms with E-state index in [-0.39, 0.29) is 5.69 Å². The first-order valence-corrected chi connectivity index (χ1v) is 18.8. The molecule has 0 saturated carbocycles. The van der Waals surface area contributed by atoms with Crippen LogP contribution in [0.25, 0.3) is 98.7 Å². The number of imidazole rings is 1. The van der Waals surface area contributed by atoms with Gasteiger partial charge in [-0.1, -0.05) is 115 Å². The zero-order valence-corrected chi connectivity index (χ0v) is 30.0. The monoisotopic (exact) mass is 724 g/mol. The van der Waals surface area contributed by atoms with E-state index in [0.29, 0.717) is 23.1 Å².